The van der Waals surface area contributed by atoms with E-state index in [0.29, 0.717) is 0 Å². The summed E-state index contributed by atoms with van der Waals surface area (Å²) in [6.45, 7) is 0. The molecule has 2 aromatic heterocycles. The Bertz CT molecular complexity index is 357. The minimum atomic E-state index is 1.17. The van der Waals surface area contributed by atoms with Crippen molar-refractivity contribution in [2.24, 2.45) is 0 Å². The fourth-order valence-electron chi connectivity index (χ4n) is 1.56. The molecule has 54 valence electrons. The molecule has 2 heteroatoms. The van der Waals surface area contributed by atoms with Crippen molar-refractivity contribution in [2.45, 2.75) is 6.42 Å². The molecule has 0 bridgehead atoms. The molecule has 1 aliphatic rings. The molecule has 1 aliphatic carbocycles. The highest BCUT2D eigenvalue weighted by Gasteiger charge is 2.19. The minimum absolute atomic E-state index is 1.17. The van der Waals surface area contributed by atoms with Crippen molar-refractivity contribution in [3.05, 3.63) is 33.3 Å². The van der Waals surface area contributed by atoms with E-state index in [0.717, 1.165) is 0 Å². The molecule has 0 nitrogen and oxygen atoms in total. The van der Waals surface area contributed by atoms with E-state index in [1.165, 1.54) is 22.4 Å². The van der Waals surface area contributed by atoms with E-state index in [1.807, 2.05) is 22.7 Å². The maximum Gasteiger partial charge on any atom is 0.0389 e. The van der Waals surface area contributed by atoms with E-state index in [1.54, 1.807) is 4.88 Å². The molecule has 0 N–H and O–H groups in total. The Kier molecular flexibility index (Phi) is 1.06. The number of fused-ring (bicyclic) bond motifs is 3. The first-order valence-corrected chi connectivity index (χ1v) is 5.34. The summed E-state index contributed by atoms with van der Waals surface area (Å²) >= 11 is 3.75. The molecule has 3 rings (SSSR count). The molecule has 0 amide bonds. The molecule has 0 saturated heterocycles. The average molecular weight is 178 g/mol. The van der Waals surface area contributed by atoms with Crippen LogP contribution in [0.3, 0.4) is 0 Å². The third-order valence-electron chi connectivity index (χ3n) is 2.09. The van der Waals surface area contributed by atoms with Crippen LogP contribution >= 0.6 is 22.7 Å². The van der Waals surface area contributed by atoms with Gasteiger partial charge in [0.2, 0.25) is 0 Å². The molecule has 0 fully saturated rings. The van der Waals surface area contributed by atoms with Gasteiger partial charge in [0.15, 0.2) is 0 Å². The SMILES string of the molecule is c1cc2c(s1)Cc1ccsc1-2. The van der Waals surface area contributed by atoms with Gasteiger partial charge in [-0.25, -0.2) is 0 Å². The maximum absolute atomic E-state index is 2.24. The second kappa shape index (κ2) is 1.96. The zero-order valence-electron chi connectivity index (χ0n) is 5.83. The summed E-state index contributed by atoms with van der Waals surface area (Å²) in [4.78, 5) is 3.05. The van der Waals surface area contributed by atoms with Crippen molar-refractivity contribution in [2.75, 3.05) is 0 Å². The number of thiophene rings is 2. The first-order valence-electron chi connectivity index (χ1n) is 3.58. The van der Waals surface area contributed by atoms with Crippen molar-refractivity contribution in [3.8, 4) is 10.4 Å². The fourth-order valence-corrected chi connectivity index (χ4v) is 3.51. The van der Waals surface area contributed by atoms with E-state index in [4.69, 9.17) is 0 Å². The quantitative estimate of drug-likeness (QED) is 0.495. The van der Waals surface area contributed by atoms with Gasteiger partial charge < -0.3 is 0 Å². The van der Waals surface area contributed by atoms with Crippen molar-refractivity contribution < 1.29 is 0 Å². The van der Waals surface area contributed by atoms with Gasteiger partial charge in [0.1, 0.15) is 0 Å². The smallest absolute Gasteiger partial charge is 0.0389 e. The summed E-state index contributed by atoms with van der Waals surface area (Å²) in [6.07, 6.45) is 1.17. The molecule has 0 unspecified atom stereocenters. The Morgan fingerprint density at radius 2 is 2.00 bits per heavy atom. The lowest BCUT2D eigenvalue weighted by Crippen LogP contribution is -1.70. The minimum Gasteiger partial charge on any atom is -0.148 e. The van der Waals surface area contributed by atoms with Gasteiger partial charge in [-0.2, -0.15) is 0 Å². The molecule has 11 heavy (non-hydrogen) atoms. The summed E-state index contributed by atoms with van der Waals surface area (Å²) in [7, 11) is 0. The predicted molar refractivity (Wildman–Crippen MR) is 50.4 cm³/mol. The van der Waals surface area contributed by atoms with E-state index in [-0.39, 0.29) is 0 Å². The first-order chi connectivity index (χ1) is 5.45. The van der Waals surface area contributed by atoms with Crippen LogP contribution in [-0.2, 0) is 6.42 Å². The lowest BCUT2D eigenvalue weighted by atomic mass is 10.3. The largest absolute Gasteiger partial charge is 0.148 e. The van der Waals surface area contributed by atoms with E-state index in [9.17, 15) is 0 Å². The molecule has 0 saturated carbocycles. The van der Waals surface area contributed by atoms with Crippen LogP contribution in [0.1, 0.15) is 10.4 Å². The average Bonchev–Trinajstić information content (AvgIpc) is 2.52. The van der Waals surface area contributed by atoms with Gasteiger partial charge in [0, 0.05) is 21.7 Å². The third kappa shape index (κ3) is 0.686. The van der Waals surface area contributed by atoms with Gasteiger partial charge >= 0.3 is 0 Å². The second-order valence-electron chi connectivity index (χ2n) is 2.71. The van der Waals surface area contributed by atoms with Crippen LogP contribution < -0.4 is 0 Å². The molecule has 0 aliphatic heterocycles. The van der Waals surface area contributed by atoms with Gasteiger partial charge in [0.25, 0.3) is 0 Å². The number of hydrogen-bond donors (Lipinski definition) is 0. The van der Waals surface area contributed by atoms with Gasteiger partial charge in [-0.1, -0.05) is 0 Å². The Balaban J connectivity index is 2.38. The van der Waals surface area contributed by atoms with Crippen molar-refractivity contribution >= 4 is 22.7 Å². The fraction of sp³-hybridized carbons (Fsp3) is 0.111. The summed E-state index contributed by atoms with van der Waals surface area (Å²) in [5.41, 5.74) is 3.01. The molecule has 0 radical (unpaired) electrons. The summed E-state index contributed by atoms with van der Waals surface area (Å²) < 4.78 is 0. The Labute approximate surface area is 73.1 Å². The van der Waals surface area contributed by atoms with Gasteiger partial charge in [-0.15, -0.1) is 22.7 Å². The van der Waals surface area contributed by atoms with Gasteiger partial charge in [-0.05, 0) is 28.5 Å². The van der Waals surface area contributed by atoms with Crippen LogP contribution in [0, 0.1) is 0 Å². The third-order valence-corrected chi connectivity index (χ3v) is 4.00. The lowest BCUT2D eigenvalue weighted by molar-refractivity contribution is 1.33. The van der Waals surface area contributed by atoms with Crippen LogP contribution in [0.2, 0.25) is 0 Å². The molecule has 2 aromatic rings. The van der Waals surface area contributed by atoms with Crippen LogP contribution in [0.4, 0.5) is 0 Å². The highest BCUT2D eigenvalue weighted by molar-refractivity contribution is 7.15. The highest BCUT2D eigenvalue weighted by atomic mass is 32.1. The molecule has 0 atom stereocenters. The Morgan fingerprint density at radius 1 is 1.09 bits per heavy atom. The molecule has 0 spiro atoms. The maximum atomic E-state index is 2.24. The normalized spacial score (nSPS) is 13.1. The molecular formula is C9H6S2. The van der Waals surface area contributed by atoms with E-state index in [2.05, 4.69) is 22.9 Å². The number of rotatable bonds is 0. The Hall–Kier alpha value is -0.600. The lowest BCUT2D eigenvalue weighted by Gasteiger charge is -1.84. The highest BCUT2D eigenvalue weighted by Crippen LogP contribution is 2.42. The summed E-state index contributed by atoms with van der Waals surface area (Å²) in [5.74, 6) is 0. The standard InChI is InChI=1S/C9H6S2/c1-3-11-9-6(1)5-8-7(9)2-4-10-8/h1-4H,5H2. The molecule has 2 heterocycles. The first kappa shape index (κ1) is 5.98. The monoisotopic (exact) mass is 178 g/mol. The van der Waals surface area contributed by atoms with Crippen molar-refractivity contribution in [1.82, 2.24) is 0 Å². The van der Waals surface area contributed by atoms with Crippen LogP contribution in [0.15, 0.2) is 22.9 Å². The van der Waals surface area contributed by atoms with Crippen molar-refractivity contribution in [3.63, 3.8) is 0 Å². The Morgan fingerprint density at radius 3 is 3.00 bits per heavy atom. The summed E-state index contributed by atoms with van der Waals surface area (Å²) in [6, 6.07) is 4.48. The van der Waals surface area contributed by atoms with Crippen molar-refractivity contribution in [1.29, 1.82) is 0 Å². The summed E-state index contributed by atoms with van der Waals surface area (Å²) in [5, 5.41) is 4.37. The van der Waals surface area contributed by atoms with Crippen LogP contribution in [0.5, 0.6) is 0 Å². The van der Waals surface area contributed by atoms with Crippen LogP contribution in [0.25, 0.3) is 10.4 Å². The van der Waals surface area contributed by atoms with Gasteiger partial charge in [-0.3, -0.25) is 0 Å². The number of hydrogen-bond acceptors (Lipinski definition) is 2. The zero-order valence-corrected chi connectivity index (χ0v) is 7.47. The second-order valence-corrected chi connectivity index (χ2v) is 4.63. The zero-order chi connectivity index (χ0) is 7.26. The van der Waals surface area contributed by atoms with E-state index >= 15 is 0 Å². The van der Waals surface area contributed by atoms with Crippen LogP contribution in [-0.4, -0.2) is 0 Å². The van der Waals surface area contributed by atoms with E-state index < -0.39 is 0 Å². The predicted octanol–water partition coefficient (Wildman–Crippen LogP) is 3.38. The molecular weight excluding hydrogens is 172 g/mol. The topological polar surface area (TPSA) is 0 Å². The van der Waals surface area contributed by atoms with Gasteiger partial charge in [0.05, 0.1) is 0 Å². The molecule has 0 aromatic carbocycles.